The fourth-order valence-corrected chi connectivity index (χ4v) is 5.14. The lowest BCUT2D eigenvalue weighted by atomic mass is 9.87. The average Bonchev–Trinajstić information content (AvgIpc) is 2.86. The van der Waals surface area contributed by atoms with E-state index in [0.29, 0.717) is 28.9 Å². The van der Waals surface area contributed by atoms with E-state index in [9.17, 15) is 5.11 Å². The van der Waals surface area contributed by atoms with Gasteiger partial charge in [0.25, 0.3) is 0 Å². The summed E-state index contributed by atoms with van der Waals surface area (Å²) in [7, 11) is 3.42. The second-order valence-electron chi connectivity index (χ2n) is 9.44. The highest BCUT2D eigenvalue weighted by Crippen LogP contribution is 2.33. The number of β-amino-alcohol motifs (C(OH)–C–C–N with tert-alkyl or cyclic N) is 1. The first kappa shape index (κ1) is 25.4. The summed E-state index contributed by atoms with van der Waals surface area (Å²) >= 11 is 12.1. The molecule has 0 radical (unpaired) electrons. The maximum Gasteiger partial charge on any atom is 0.121 e. The molecule has 0 amide bonds. The second-order valence-corrected chi connectivity index (χ2v) is 10.3. The van der Waals surface area contributed by atoms with E-state index in [2.05, 4.69) is 21.9 Å². The lowest BCUT2D eigenvalue weighted by Gasteiger charge is -2.45. The number of piperidine rings is 2. The van der Waals surface area contributed by atoms with Crippen molar-refractivity contribution in [1.29, 1.82) is 0 Å². The molecule has 0 spiro atoms. The molecule has 6 nitrogen and oxygen atoms in total. The van der Waals surface area contributed by atoms with Crippen molar-refractivity contribution in [2.75, 3.05) is 58.5 Å². The maximum absolute atomic E-state index is 11.3. The van der Waals surface area contributed by atoms with Crippen molar-refractivity contribution in [2.45, 2.75) is 36.9 Å². The van der Waals surface area contributed by atoms with Crippen molar-refractivity contribution in [2.24, 2.45) is 0 Å². The van der Waals surface area contributed by atoms with Gasteiger partial charge in [-0.1, -0.05) is 23.2 Å². The fourth-order valence-electron chi connectivity index (χ4n) is 4.86. The van der Waals surface area contributed by atoms with Gasteiger partial charge in [-0.2, -0.15) is 0 Å². The number of aliphatic hydroxyl groups is 1. The third kappa shape index (κ3) is 6.10. The van der Waals surface area contributed by atoms with E-state index < -0.39 is 5.60 Å². The smallest absolute Gasteiger partial charge is 0.121 e. The summed E-state index contributed by atoms with van der Waals surface area (Å²) in [6, 6.07) is 13.4. The summed E-state index contributed by atoms with van der Waals surface area (Å²) in [4.78, 5) is 4.69. The quantitative estimate of drug-likeness (QED) is 0.547. The minimum absolute atomic E-state index is 0.344. The molecule has 0 bridgehead atoms. The zero-order valence-corrected chi connectivity index (χ0v) is 21.4. The third-order valence-electron chi connectivity index (χ3n) is 7.24. The predicted molar refractivity (Wildman–Crippen MR) is 137 cm³/mol. The summed E-state index contributed by atoms with van der Waals surface area (Å²) in [5.41, 5.74) is 0.169. The van der Waals surface area contributed by atoms with E-state index in [4.69, 9.17) is 37.4 Å². The maximum atomic E-state index is 11.3. The van der Waals surface area contributed by atoms with Crippen LogP contribution in [-0.2, 0) is 4.74 Å². The van der Waals surface area contributed by atoms with Crippen LogP contribution in [0.4, 0.5) is 5.69 Å². The fraction of sp³-hybridized carbons (Fsp3) is 0.538. The topological polar surface area (TPSA) is 54.4 Å². The Labute approximate surface area is 212 Å². The van der Waals surface area contributed by atoms with Gasteiger partial charge >= 0.3 is 0 Å². The molecule has 0 aliphatic carbocycles. The van der Waals surface area contributed by atoms with E-state index in [1.165, 1.54) is 5.69 Å². The molecule has 2 heterocycles. The monoisotopic (exact) mass is 508 g/mol. The van der Waals surface area contributed by atoms with Crippen molar-refractivity contribution in [3.8, 4) is 11.5 Å². The van der Waals surface area contributed by atoms with Crippen molar-refractivity contribution < 1.29 is 19.3 Å². The van der Waals surface area contributed by atoms with E-state index in [0.717, 1.165) is 57.6 Å². The Balaban J connectivity index is 1.26. The second kappa shape index (κ2) is 10.9. The SMILES string of the molecule is COc1ccc(N2CCC(O)(CN3CCC(COc4ccc(Cl)c(Cl)c4)(OC)CC3)CC2)cc1. The zero-order chi connectivity index (χ0) is 24.2. The summed E-state index contributed by atoms with van der Waals surface area (Å²) in [6.07, 6.45) is 3.20. The molecule has 0 unspecified atom stereocenters. The number of nitrogens with zero attached hydrogens (tertiary/aromatic N) is 2. The first-order chi connectivity index (χ1) is 16.3. The summed E-state index contributed by atoms with van der Waals surface area (Å²) in [5, 5.41) is 12.3. The van der Waals surface area contributed by atoms with Crippen LogP contribution in [0.15, 0.2) is 42.5 Å². The molecule has 0 atom stereocenters. The molecule has 34 heavy (non-hydrogen) atoms. The van der Waals surface area contributed by atoms with Crippen LogP contribution >= 0.6 is 23.2 Å². The van der Waals surface area contributed by atoms with Crippen LogP contribution in [0.3, 0.4) is 0 Å². The number of anilines is 1. The molecule has 0 saturated carbocycles. The van der Waals surface area contributed by atoms with Gasteiger partial charge in [-0.05, 0) is 62.1 Å². The van der Waals surface area contributed by atoms with Gasteiger partial charge in [-0.25, -0.2) is 0 Å². The highest BCUT2D eigenvalue weighted by molar-refractivity contribution is 6.42. The van der Waals surface area contributed by atoms with Gasteiger partial charge in [0.15, 0.2) is 0 Å². The Morgan fingerprint density at radius 1 is 0.853 bits per heavy atom. The number of benzene rings is 2. The van der Waals surface area contributed by atoms with E-state index in [-0.39, 0.29) is 5.60 Å². The van der Waals surface area contributed by atoms with E-state index in [1.54, 1.807) is 26.4 Å². The highest BCUT2D eigenvalue weighted by Gasteiger charge is 2.39. The lowest BCUT2D eigenvalue weighted by molar-refractivity contribution is -0.0961. The molecule has 8 heteroatoms. The number of methoxy groups -OCH3 is 2. The first-order valence-electron chi connectivity index (χ1n) is 11.8. The largest absolute Gasteiger partial charge is 0.497 e. The molecule has 4 rings (SSSR count). The Hall–Kier alpha value is -1.70. The van der Waals surface area contributed by atoms with Crippen LogP contribution in [0.25, 0.3) is 0 Å². The summed E-state index contributed by atoms with van der Waals surface area (Å²) in [5.74, 6) is 1.54. The van der Waals surface area contributed by atoms with Crippen LogP contribution in [0.1, 0.15) is 25.7 Å². The number of hydrogen-bond donors (Lipinski definition) is 1. The number of halogens is 2. The Kier molecular flexibility index (Phi) is 8.16. The molecule has 186 valence electrons. The zero-order valence-electron chi connectivity index (χ0n) is 19.9. The van der Waals surface area contributed by atoms with Gasteiger partial charge < -0.3 is 29.1 Å². The molecule has 1 N–H and O–H groups in total. The highest BCUT2D eigenvalue weighted by atomic mass is 35.5. The van der Waals surface area contributed by atoms with Crippen LogP contribution in [0.2, 0.25) is 10.0 Å². The molecule has 2 aliphatic rings. The van der Waals surface area contributed by atoms with Crippen molar-refractivity contribution >= 4 is 28.9 Å². The van der Waals surface area contributed by atoms with Gasteiger partial charge in [0, 0.05) is 51.6 Å². The van der Waals surface area contributed by atoms with Gasteiger partial charge in [-0.3, -0.25) is 0 Å². The number of hydrogen-bond acceptors (Lipinski definition) is 6. The minimum atomic E-state index is -0.660. The number of likely N-dealkylation sites (tertiary alicyclic amines) is 1. The number of rotatable bonds is 8. The van der Waals surface area contributed by atoms with E-state index >= 15 is 0 Å². The van der Waals surface area contributed by atoms with E-state index in [1.807, 2.05) is 18.2 Å². The molecular formula is C26H34Cl2N2O4. The average molecular weight is 509 g/mol. The third-order valence-corrected chi connectivity index (χ3v) is 7.98. The summed E-state index contributed by atoms with van der Waals surface area (Å²) < 4.78 is 17.2. The molecule has 2 aromatic carbocycles. The first-order valence-corrected chi connectivity index (χ1v) is 12.6. The Morgan fingerprint density at radius 3 is 2.09 bits per heavy atom. The van der Waals surface area contributed by atoms with Gasteiger partial charge in [-0.15, -0.1) is 0 Å². The summed E-state index contributed by atoms with van der Waals surface area (Å²) in [6.45, 7) is 4.56. The molecular weight excluding hydrogens is 475 g/mol. The molecule has 2 fully saturated rings. The Bertz CT molecular complexity index is 940. The van der Waals surface area contributed by atoms with Crippen LogP contribution in [-0.4, -0.2) is 74.8 Å². The molecule has 0 aromatic heterocycles. The van der Waals surface area contributed by atoms with Crippen LogP contribution in [0, 0.1) is 0 Å². The van der Waals surface area contributed by atoms with Crippen molar-refractivity contribution in [1.82, 2.24) is 4.90 Å². The lowest BCUT2D eigenvalue weighted by Crippen LogP contribution is -2.55. The molecule has 2 saturated heterocycles. The van der Waals surface area contributed by atoms with Crippen molar-refractivity contribution in [3.05, 3.63) is 52.5 Å². The standard InChI is InChI=1S/C26H34Cl2N2O4/c1-32-21-5-3-20(4-6-21)30-15-9-25(31,10-16-30)18-29-13-11-26(33-2,12-14-29)19-34-22-7-8-23(27)24(28)17-22/h3-8,17,31H,9-16,18-19H2,1-2H3. The number of ether oxygens (including phenoxy) is 3. The normalized spacial score (nSPS) is 20.2. The predicted octanol–water partition coefficient (Wildman–Crippen LogP) is 4.89. The van der Waals surface area contributed by atoms with Crippen LogP contribution in [0.5, 0.6) is 11.5 Å². The Morgan fingerprint density at radius 2 is 1.50 bits per heavy atom. The van der Waals surface area contributed by atoms with Gasteiger partial charge in [0.1, 0.15) is 23.7 Å². The molecule has 2 aromatic rings. The van der Waals surface area contributed by atoms with Crippen molar-refractivity contribution in [3.63, 3.8) is 0 Å². The van der Waals surface area contributed by atoms with Gasteiger partial charge in [0.05, 0.1) is 22.8 Å². The molecule has 2 aliphatic heterocycles. The van der Waals surface area contributed by atoms with Gasteiger partial charge in [0.2, 0.25) is 0 Å². The van der Waals surface area contributed by atoms with Crippen LogP contribution < -0.4 is 14.4 Å². The minimum Gasteiger partial charge on any atom is -0.497 e.